The van der Waals surface area contributed by atoms with Crippen LogP contribution in [0.5, 0.6) is 0 Å². The van der Waals surface area contributed by atoms with E-state index in [4.69, 9.17) is 10.3 Å². The van der Waals surface area contributed by atoms with Gasteiger partial charge in [0.1, 0.15) is 0 Å². The summed E-state index contributed by atoms with van der Waals surface area (Å²) in [6.45, 7) is 7.12. The standard InChI is InChI=1S/2C8H20N.2CHF3NO2S/c2*1-5-6-7-8-9(2,3)4;2*2-1(3,4)8(5,6)7/h2*5-8H2,1-4H3;2*(H-,5,6,7)/q2*+1;2*-1. The van der Waals surface area contributed by atoms with E-state index >= 15 is 0 Å². The molecule has 0 aromatic rings. The highest BCUT2D eigenvalue weighted by molar-refractivity contribution is 7.94. The van der Waals surface area contributed by atoms with E-state index in [0.717, 1.165) is 8.97 Å². The van der Waals surface area contributed by atoms with Crippen molar-refractivity contribution in [1.29, 1.82) is 0 Å². The summed E-state index contributed by atoms with van der Waals surface area (Å²) in [5, 5.41) is 10.9. The Morgan fingerprint density at radius 3 is 0.824 bits per heavy atom. The topological polar surface area (TPSA) is 116 Å². The summed E-state index contributed by atoms with van der Waals surface area (Å²) in [4.78, 5) is 0. The SMILES string of the molecule is CCCCC[N+](C)(C)C.CCCCC[N+](C)(C)C.[NH-]S(=O)(=O)C(F)(F)F.[NH-]S(=O)(=O)C(F)(F)F. The normalized spacial score (nSPS) is 12.9. The lowest BCUT2D eigenvalue weighted by atomic mass is 10.2. The van der Waals surface area contributed by atoms with Crippen LogP contribution < -0.4 is 0 Å². The van der Waals surface area contributed by atoms with Gasteiger partial charge in [0.05, 0.1) is 55.4 Å². The van der Waals surface area contributed by atoms with E-state index in [1.165, 1.54) is 51.6 Å². The highest BCUT2D eigenvalue weighted by Gasteiger charge is 2.37. The molecule has 2 N–H and O–H groups in total. The van der Waals surface area contributed by atoms with Gasteiger partial charge in [-0.25, -0.2) is 16.8 Å². The van der Waals surface area contributed by atoms with Crippen LogP contribution in [0.2, 0.25) is 0 Å². The van der Waals surface area contributed by atoms with Gasteiger partial charge in [-0.1, -0.05) is 26.7 Å². The van der Waals surface area contributed by atoms with Gasteiger partial charge in [-0.2, -0.15) is 26.3 Å². The van der Waals surface area contributed by atoms with E-state index < -0.39 is 31.1 Å². The Hall–Kier alpha value is -0.680. The first-order chi connectivity index (χ1) is 14.6. The van der Waals surface area contributed by atoms with Crippen LogP contribution in [-0.2, 0) is 20.0 Å². The smallest absolute Gasteiger partial charge is 0.479 e. The Morgan fingerprint density at radius 1 is 0.559 bits per heavy atom. The van der Waals surface area contributed by atoms with Crippen LogP contribution >= 0.6 is 0 Å². The molecular formula is C18H42F6N4O4S2. The van der Waals surface area contributed by atoms with Gasteiger partial charge in [0.25, 0.3) is 0 Å². The second-order valence-corrected chi connectivity index (χ2v) is 12.3. The summed E-state index contributed by atoms with van der Waals surface area (Å²) in [7, 11) is 2.29. The van der Waals surface area contributed by atoms with Crippen molar-refractivity contribution >= 4 is 20.0 Å². The Kier molecular flexibility index (Phi) is 20.1. The predicted octanol–water partition coefficient (Wildman–Crippen LogP) is 5.54. The molecule has 212 valence electrons. The van der Waals surface area contributed by atoms with Crippen LogP contribution in [0.4, 0.5) is 26.3 Å². The van der Waals surface area contributed by atoms with Crippen LogP contribution in [0.3, 0.4) is 0 Å². The number of sulfonamides is 2. The fourth-order valence-electron chi connectivity index (χ4n) is 1.67. The van der Waals surface area contributed by atoms with E-state index in [9.17, 15) is 43.2 Å². The Balaban J connectivity index is -0.000000177. The summed E-state index contributed by atoms with van der Waals surface area (Å²) in [6, 6.07) is 0. The Labute approximate surface area is 201 Å². The van der Waals surface area contributed by atoms with Crippen molar-refractivity contribution in [2.75, 3.05) is 55.4 Å². The molecule has 0 aliphatic rings. The van der Waals surface area contributed by atoms with E-state index in [2.05, 4.69) is 56.1 Å². The Morgan fingerprint density at radius 2 is 0.735 bits per heavy atom. The highest BCUT2D eigenvalue weighted by atomic mass is 32.2. The number of unbranched alkanes of at least 4 members (excludes halogenated alkanes) is 4. The van der Waals surface area contributed by atoms with E-state index in [1.807, 2.05) is 0 Å². The average Bonchev–Trinajstić information content (AvgIpc) is 2.51. The minimum Gasteiger partial charge on any atom is -0.556 e. The molecule has 0 amide bonds. The third-order valence-corrected chi connectivity index (χ3v) is 4.69. The largest absolute Gasteiger partial charge is 0.556 e. The fourth-order valence-corrected chi connectivity index (χ4v) is 1.67. The molecule has 0 aliphatic heterocycles. The minimum atomic E-state index is -5.59. The molecule has 0 bridgehead atoms. The first-order valence-electron chi connectivity index (χ1n) is 10.3. The van der Waals surface area contributed by atoms with E-state index in [0.29, 0.717) is 0 Å². The number of quaternary nitrogens is 2. The lowest BCUT2D eigenvalue weighted by Crippen LogP contribution is -2.35. The second kappa shape index (κ2) is 16.9. The van der Waals surface area contributed by atoms with Crippen LogP contribution in [0.1, 0.15) is 52.4 Å². The van der Waals surface area contributed by atoms with Gasteiger partial charge in [0, 0.05) is 0 Å². The fraction of sp³-hybridized carbons (Fsp3) is 1.00. The van der Waals surface area contributed by atoms with Crippen LogP contribution in [-0.4, -0.2) is 92.2 Å². The summed E-state index contributed by atoms with van der Waals surface area (Å²) >= 11 is 0. The molecule has 0 heterocycles. The lowest BCUT2D eigenvalue weighted by Gasteiger charge is -2.23. The minimum absolute atomic E-state index is 1.11. The van der Waals surface area contributed by atoms with Crippen molar-refractivity contribution in [3.8, 4) is 0 Å². The highest BCUT2D eigenvalue weighted by Crippen LogP contribution is 2.23. The molecule has 16 heteroatoms. The molecule has 34 heavy (non-hydrogen) atoms. The number of hydrogen-bond donors (Lipinski definition) is 0. The van der Waals surface area contributed by atoms with Crippen LogP contribution in [0.25, 0.3) is 10.3 Å². The molecule has 0 unspecified atom stereocenters. The molecule has 0 atom stereocenters. The van der Waals surface area contributed by atoms with Crippen molar-refractivity contribution in [3.05, 3.63) is 10.3 Å². The van der Waals surface area contributed by atoms with Gasteiger partial charge in [-0.05, 0) is 25.7 Å². The maximum absolute atomic E-state index is 10.8. The van der Waals surface area contributed by atoms with Gasteiger partial charge < -0.3 is 19.2 Å². The van der Waals surface area contributed by atoms with Crippen LogP contribution in [0, 0.1) is 0 Å². The van der Waals surface area contributed by atoms with Crippen molar-refractivity contribution in [3.63, 3.8) is 0 Å². The first kappa shape index (κ1) is 40.5. The summed E-state index contributed by atoms with van der Waals surface area (Å²) in [5.41, 5.74) is -10.8. The molecule has 0 rings (SSSR count). The van der Waals surface area contributed by atoms with Gasteiger partial charge in [-0.3, -0.25) is 0 Å². The van der Waals surface area contributed by atoms with Crippen LogP contribution in [0.15, 0.2) is 0 Å². The molecule has 8 nitrogen and oxygen atoms in total. The second-order valence-electron chi connectivity index (χ2n) is 9.34. The molecule has 0 aromatic heterocycles. The quantitative estimate of drug-likeness (QED) is 0.222. The van der Waals surface area contributed by atoms with Gasteiger partial charge in [-0.15, -0.1) is 0 Å². The molecule has 0 radical (unpaired) electrons. The van der Waals surface area contributed by atoms with Gasteiger partial charge in [0.2, 0.25) is 0 Å². The van der Waals surface area contributed by atoms with Crippen molar-refractivity contribution < 1.29 is 52.1 Å². The summed E-state index contributed by atoms with van der Waals surface area (Å²) in [6.07, 6.45) is 8.19. The predicted molar refractivity (Wildman–Crippen MR) is 123 cm³/mol. The third-order valence-electron chi connectivity index (χ3n) is 3.47. The molecule has 0 aromatic carbocycles. The number of nitrogens with one attached hydrogen (secondary N) is 2. The monoisotopic (exact) mass is 556 g/mol. The van der Waals surface area contributed by atoms with E-state index in [-0.39, 0.29) is 0 Å². The molecule has 0 aliphatic carbocycles. The van der Waals surface area contributed by atoms with Crippen molar-refractivity contribution in [2.45, 2.75) is 63.4 Å². The molecule has 0 saturated heterocycles. The lowest BCUT2D eigenvalue weighted by molar-refractivity contribution is -0.870. The number of hydrogen-bond acceptors (Lipinski definition) is 4. The van der Waals surface area contributed by atoms with Crippen molar-refractivity contribution in [1.82, 2.24) is 0 Å². The Bertz CT molecular complexity index is 651. The number of rotatable bonds is 8. The molecular weight excluding hydrogens is 514 g/mol. The number of alkyl halides is 6. The molecule has 0 saturated carbocycles. The average molecular weight is 557 g/mol. The van der Waals surface area contributed by atoms with E-state index in [1.54, 1.807) is 0 Å². The first-order valence-corrected chi connectivity index (χ1v) is 13.3. The zero-order valence-electron chi connectivity index (χ0n) is 21.3. The number of halogens is 6. The third kappa shape index (κ3) is 33.5. The van der Waals surface area contributed by atoms with Gasteiger partial charge in [0.15, 0.2) is 20.0 Å². The maximum atomic E-state index is 10.8. The molecule has 0 spiro atoms. The van der Waals surface area contributed by atoms with Crippen molar-refractivity contribution in [2.24, 2.45) is 0 Å². The zero-order chi connectivity index (χ0) is 28.7. The van der Waals surface area contributed by atoms with Gasteiger partial charge >= 0.3 is 11.0 Å². The summed E-state index contributed by atoms with van der Waals surface area (Å²) in [5.74, 6) is 0. The zero-order valence-corrected chi connectivity index (χ0v) is 22.9. The summed E-state index contributed by atoms with van der Waals surface area (Å²) < 4.78 is 104. The molecule has 0 fully saturated rings. The maximum Gasteiger partial charge on any atom is 0.479 e. The number of nitrogens with zero attached hydrogens (tertiary/aromatic N) is 2.